The summed E-state index contributed by atoms with van der Waals surface area (Å²) in [4.78, 5) is 25.6. The Labute approximate surface area is 398 Å². The fourth-order valence-electron chi connectivity index (χ4n) is 10.6. The lowest BCUT2D eigenvalue weighted by Crippen LogP contribution is -2.67. The Morgan fingerprint density at radius 2 is 1.57 bits per heavy atom. The second-order valence-corrected chi connectivity index (χ2v) is 19.2. The van der Waals surface area contributed by atoms with Crippen LogP contribution in [0.1, 0.15) is 84.6 Å². The molecular formula is C46H69FN4O18. The van der Waals surface area contributed by atoms with Crippen LogP contribution in [0.2, 0.25) is 0 Å². The van der Waals surface area contributed by atoms with Crippen LogP contribution in [0, 0.1) is 23.6 Å². The molecule has 12 unspecified atom stereocenters. The second kappa shape index (κ2) is 23.9. The molecule has 3 aliphatic heterocycles. The summed E-state index contributed by atoms with van der Waals surface area (Å²) < 4.78 is 58.8. The predicted molar refractivity (Wildman–Crippen MR) is 234 cm³/mol. The highest BCUT2D eigenvalue weighted by Gasteiger charge is 2.53. The number of carbonyl (C=O) groups excluding carboxylic acids is 1. The zero-order chi connectivity index (χ0) is 49.7. The van der Waals surface area contributed by atoms with Gasteiger partial charge in [-0.05, 0) is 56.1 Å². The van der Waals surface area contributed by atoms with Crippen LogP contribution in [0.4, 0.5) is 4.39 Å². The molecule has 23 heteroatoms. The molecule has 22 nitrogen and oxygen atoms in total. The molecule has 5 aliphatic rings. The monoisotopic (exact) mass is 984 g/mol. The molecule has 69 heavy (non-hydrogen) atoms. The van der Waals surface area contributed by atoms with Crippen molar-refractivity contribution in [3.05, 3.63) is 36.3 Å². The van der Waals surface area contributed by atoms with Crippen molar-refractivity contribution in [3.63, 3.8) is 0 Å². The van der Waals surface area contributed by atoms with Crippen LogP contribution in [0.15, 0.2) is 30.5 Å². The summed E-state index contributed by atoms with van der Waals surface area (Å²) in [5.41, 5.74) is 0.646. The molecule has 4 heterocycles. The number of hydrogen-bond donors (Lipinski definition) is 10. The molecule has 2 saturated carbocycles. The first-order valence-electron chi connectivity index (χ1n) is 24.0. The molecule has 2 aliphatic carbocycles. The van der Waals surface area contributed by atoms with Gasteiger partial charge in [-0.15, -0.1) is 5.10 Å². The molecule has 0 bridgehead atoms. The average Bonchev–Trinajstić information content (AvgIpc) is 3.82. The molecular weight excluding hydrogens is 916 g/mol. The zero-order valence-corrected chi connectivity index (χ0v) is 38.9. The van der Waals surface area contributed by atoms with Gasteiger partial charge in [-0.3, -0.25) is 4.79 Å². The molecule has 3 saturated heterocycles. The normalized spacial score (nSPS) is 39.4. The molecule has 388 valence electrons. The topological polar surface area (TPSA) is 324 Å². The molecule has 1 aromatic carbocycles. The molecule has 20 atom stereocenters. The van der Waals surface area contributed by atoms with Crippen LogP contribution in [-0.2, 0) is 42.7 Å². The lowest BCUT2D eigenvalue weighted by molar-refractivity contribution is -0.340. The highest BCUT2D eigenvalue weighted by molar-refractivity contribution is 5.73. The SMILES string of the molecule is CCC1CC(CO[C@H]2OC(CO)[C@@H](O)C(n3cc(-c4cccc(F)c4)nn3)C2O)C[C@@H](O[C@@H]2OC(CO)[C@H](O)C(O[C@@H](CC3CCCCC3)C(=O)O)C2NC(C)=O)C1O[C@@H]1OC(C)[C@@H](O)C(O)C1O. The number of aromatic nitrogens is 3. The van der Waals surface area contributed by atoms with Gasteiger partial charge in [-0.25, -0.2) is 13.9 Å². The van der Waals surface area contributed by atoms with Gasteiger partial charge in [0.2, 0.25) is 5.91 Å². The number of rotatable bonds is 18. The van der Waals surface area contributed by atoms with Crippen LogP contribution in [0.3, 0.4) is 0 Å². The van der Waals surface area contributed by atoms with E-state index < -0.39 is 153 Å². The van der Waals surface area contributed by atoms with E-state index in [1.165, 1.54) is 42.9 Å². The van der Waals surface area contributed by atoms with Crippen molar-refractivity contribution < 1.29 is 93.1 Å². The van der Waals surface area contributed by atoms with Gasteiger partial charge in [0.1, 0.15) is 78.5 Å². The van der Waals surface area contributed by atoms with Gasteiger partial charge in [0.05, 0.1) is 44.3 Å². The fraction of sp³-hybridized carbons (Fsp3) is 0.783. The number of aliphatic hydroxyl groups is 8. The number of nitrogens with one attached hydrogen (secondary N) is 1. The number of carboxylic acid groups (broad SMARTS) is 1. The number of ether oxygens (including phenoxy) is 7. The summed E-state index contributed by atoms with van der Waals surface area (Å²) >= 11 is 0. The number of hydrogen-bond acceptors (Lipinski definition) is 19. The molecule has 2 aromatic rings. The van der Waals surface area contributed by atoms with E-state index in [1.54, 1.807) is 6.07 Å². The molecule has 5 fully saturated rings. The van der Waals surface area contributed by atoms with Gasteiger partial charge in [0.15, 0.2) is 25.0 Å². The Morgan fingerprint density at radius 1 is 0.855 bits per heavy atom. The van der Waals surface area contributed by atoms with Crippen LogP contribution < -0.4 is 5.32 Å². The van der Waals surface area contributed by atoms with Crippen LogP contribution in [-0.4, -0.2) is 197 Å². The second-order valence-electron chi connectivity index (χ2n) is 19.2. The maximum Gasteiger partial charge on any atom is 0.332 e. The van der Waals surface area contributed by atoms with Gasteiger partial charge in [-0.2, -0.15) is 0 Å². The first-order valence-corrected chi connectivity index (χ1v) is 24.0. The van der Waals surface area contributed by atoms with Gasteiger partial charge in [-0.1, -0.05) is 62.8 Å². The van der Waals surface area contributed by atoms with Gasteiger partial charge in [0.25, 0.3) is 0 Å². The number of aliphatic hydroxyl groups excluding tert-OH is 8. The minimum Gasteiger partial charge on any atom is -0.479 e. The number of aliphatic carboxylic acids is 1. The van der Waals surface area contributed by atoms with E-state index in [2.05, 4.69) is 15.6 Å². The highest BCUT2D eigenvalue weighted by atomic mass is 19.1. The Hall–Kier alpha value is -3.37. The Kier molecular flexibility index (Phi) is 18.5. The van der Waals surface area contributed by atoms with E-state index in [0.717, 1.165) is 32.1 Å². The number of carboxylic acids is 1. The van der Waals surface area contributed by atoms with Crippen molar-refractivity contribution >= 4 is 11.9 Å². The van der Waals surface area contributed by atoms with E-state index in [1.807, 2.05) is 6.92 Å². The van der Waals surface area contributed by atoms with Crippen LogP contribution in [0.25, 0.3) is 11.3 Å². The first kappa shape index (κ1) is 53.4. The average molecular weight is 985 g/mol. The Balaban J connectivity index is 1.15. The zero-order valence-electron chi connectivity index (χ0n) is 38.9. The maximum absolute atomic E-state index is 14.0. The third kappa shape index (κ3) is 12.5. The van der Waals surface area contributed by atoms with Crippen LogP contribution in [0.5, 0.6) is 0 Å². The van der Waals surface area contributed by atoms with Crippen molar-refractivity contribution in [3.8, 4) is 11.3 Å². The van der Waals surface area contributed by atoms with Crippen LogP contribution >= 0.6 is 0 Å². The number of benzene rings is 1. The predicted octanol–water partition coefficient (Wildman–Crippen LogP) is -0.493. The minimum absolute atomic E-state index is 0.0505. The molecule has 0 spiro atoms. The smallest absolute Gasteiger partial charge is 0.332 e. The lowest BCUT2D eigenvalue weighted by Gasteiger charge is -2.49. The third-order valence-electron chi connectivity index (χ3n) is 14.3. The quantitative estimate of drug-likeness (QED) is 0.0901. The van der Waals surface area contributed by atoms with Crippen molar-refractivity contribution in [2.24, 2.45) is 17.8 Å². The number of amides is 1. The third-order valence-corrected chi connectivity index (χ3v) is 14.3. The standard InChI is InChI=1S/C46H69FN4O18/c1-4-25-13-24(20-63-45-38(58)34(36(56)31(18-52)68-45)51-17-28(49-50-51)26-11-8-12-27(47)16-26)15-29(41(25)69-46-40(60)39(59)35(55)21(2)64-46)66-44-33(48-22(3)54)42(37(57)32(19-53)67-44)65-30(43(61)62)14-23-9-6-5-7-10-23/h8,11-12,16-17,21,23-25,29-42,44-46,52-53,55-60H,4-7,9-10,13-15,18-20H2,1-3H3,(H,48,54)(H,61,62)/t21?,24?,25?,29-,30+,31?,32?,33?,34?,35-,36-,37+,38?,39?,40?,41?,42?,44-,45+,46+/m1/s1. The number of carbonyl (C=O) groups is 2. The summed E-state index contributed by atoms with van der Waals surface area (Å²) in [7, 11) is 0. The molecule has 1 amide bonds. The molecule has 10 N–H and O–H groups in total. The Morgan fingerprint density at radius 3 is 2.23 bits per heavy atom. The van der Waals surface area contributed by atoms with E-state index in [4.69, 9.17) is 33.2 Å². The van der Waals surface area contributed by atoms with E-state index >= 15 is 0 Å². The minimum atomic E-state index is -1.69. The van der Waals surface area contributed by atoms with E-state index in [9.17, 15) is 59.9 Å². The fourth-order valence-corrected chi connectivity index (χ4v) is 10.6. The summed E-state index contributed by atoms with van der Waals surface area (Å²) in [6.07, 6.45) is -15.3. The number of nitrogens with zero attached hydrogens (tertiary/aromatic N) is 3. The first-order chi connectivity index (χ1) is 33.0. The van der Waals surface area contributed by atoms with Gasteiger partial charge >= 0.3 is 5.97 Å². The maximum atomic E-state index is 14.0. The van der Waals surface area contributed by atoms with Crippen molar-refractivity contribution in [2.75, 3.05) is 19.8 Å². The van der Waals surface area contributed by atoms with Crippen molar-refractivity contribution in [1.29, 1.82) is 0 Å². The van der Waals surface area contributed by atoms with Crippen molar-refractivity contribution in [2.45, 2.75) is 189 Å². The van der Waals surface area contributed by atoms with Crippen molar-refractivity contribution in [1.82, 2.24) is 20.3 Å². The van der Waals surface area contributed by atoms with E-state index in [0.29, 0.717) is 18.4 Å². The number of halogens is 1. The highest BCUT2D eigenvalue weighted by Crippen LogP contribution is 2.41. The molecule has 0 radical (unpaired) electrons. The summed E-state index contributed by atoms with van der Waals surface area (Å²) in [5.74, 6) is -3.19. The Bertz CT molecular complexity index is 1970. The largest absolute Gasteiger partial charge is 0.479 e. The van der Waals surface area contributed by atoms with Gasteiger partial charge < -0.3 is 84.4 Å². The van der Waals surface area contributed by atoms with E-state index in [-0.39, 0.29) is 31.1 Å². The molecule has 1 aromatic heterocycles. The summed E-state index contributed by atoms with van der Waals surface area (Å²) in [5, 5.41) is 109. The van der Waals surface area contributed by atoms with Gasteiger partial charge in [0, 0.05) is 12.5 Å². The molecule has 7 rings (SSSR count). The lowest BCUT2D eigenvalue weighted by atomic mass is 9.76. The summed E-state index contributed by atoms with van der Waals surface area (Å²) in [6, 6.07) is 3.05. The summed E-state index contributed by atoms with van der Waals surface area (Å²) in [6.45, 7) is 3.06.